The van der Waals surface area contributed by atoms with Crippen LogP contribution in [0.2, 0.25) is 0 Å². The summed E-state index contributed by atoms with van der Waals surface area (Å²) in [5.41, 5.74) is 5.27. The minimum atomic E-state index is -0.301. The molecule has 4 rings (SSSR count). The Morgan fingerprint density at radius 1 is 0.828 bits per heavy atom. The van der Waals surface area contributed by atoms with Crippen LogP contribution in [0.15, 0.2) is 83.8 Å². The molecule has 4 aromatic rings. The molecular weight excluding hydrogens is 434 g/mol. The number of hydrogen-bond donors (Lipinski definition) is 0. The maximum absolute atomic E-state index is 13.5. The summed E-state index contributed by atoms with van der Waals surface area (Å²) in [6, 6.07) is 20.6. The van der Waals surface area contributed by atoms with Crippen molar-refractivity contribution in [3.8, 4) is 22.5 Å². The van der Waals surface area contributed by atoms with Crippen LogP contribution in [0.3, 0.4) is 0 Å². The normalized spacial score (nSPS) is 10.9. The first kappa shape index (κ1) is 19.3. The Kier molecular flexibility index (Phi) is 5.41. The van der Waals surface area contributed by atoms with Gasteiger partial charge in [0.2, 0.25) is 0 Å². The highest BCUT2D eigenvalue weighted by atomic mass is 79.9. The van der Waals surface area contributed by atoms with Crippen LogP contribution in [0.1, 0.15) is 11.1 Å². The molecule has 0 aliphatic carbocycles. The summed E-state index contributed by atoms with van der Waals surface area (Å²) in [5, 5.41) is 4.78. The average molecular weight is 451 g/mol. The highest BCUT2D eigenvalue weighted by Crippen LogP contribution is 2.37. The van der Waals surface area contributed by atoms with Gasteiger partial charge in [0.1, 0.15) is 17.3 Å². The summed E-state index contributed by atoms with van der Waals surface area (Å²) in [7, 11) is 0. The largest absolute Gasteiger partial charge is 0.259 e. The highest BCUT2D eigenvalue weighted by molar-refractivity contribution is 9.10. The van der Waals surface area contributed by atoms with Crippen LogP contribution < -0.4 is 0 Å². The molecule has 0 aliphatic heterocycles. The molecule has 5 heteroatoms. The maximum Gasteiger partial charge on any atom is 0.123 e. The summed E-state index contributed by atoms with van der Waals surface area (Å²) >= 11 is 3.66. The zero-order chi connectivity index (χ0) is 20.4. The van der Waals surface area contributed by atoms with Crippen LogP contribution in [0.5, 0.6) is 0 Å². The molecule has 0 amide bonds. The molecule has 0 fully saturated rings. The molecule has 0 spiro atoms. The molecule has 0 bridgehead atoms. The van der Waals surface area contributed by atoms with Gasteiger partial charge in [0.05, 0.1) is 16.7 Å². The first-order valence-electron chi connectivity index (χ1n) is 9.04. The first-order valence-corrected chi connectivity index (χ1v) is 9.84. The molecule has 0 saturated heterocycles. The third-order valence-electron chi connectivity index (χ3n) is 4.68. The van der Waals surface area contributed by atoms with E-state index >= 15 is 0 Å². The lowest BCUT2D eigenvalue weighted by Gasteiger charge is -2.09. The molecule has 2 nitrogen and oxygen atoms in total. The Bertz CT molecular complexity index is 1150. The Morgan fingerprint density at radius 2 is 1.38 bits per heavy atom. The van der Waals surface area contributed by atoms with E-state index in [4.69, 9.17) is 5.10 Å². The van der Waals surface area contributed by atoms with E-state index in [1.165, 1.54) is 24.3 Å². The molecule has 0 radical (unpaired) electrons. The molecule has 29 heavy (non-hydrogen) atoms. The van der Waals surface area contributed by atoms with Crippen LogP contribution in [0.25, 0.3) is 28.6 Å². The third kappa shape index (κ3) is 4.05. The molecule has 0 unspecified atom stereocenters. The topological polar surface area (TPSA) is 17.8 Å². The summed E-state index contributed by atoms with van der Waals surface area (Å²) in [4.78, 5) is 0. The van der Waals surface area contributed by atoms with Gasteiger partial charge in [-0.1, -0.05) is 36.9 Å². The van der Waals surface area contributed by atoms with E-state index < -0.39 is 0 Å². The van der Waals surface area contributed by atoms with E-state index in [-0.39, 0.29) is 11.6 Å². The fourth-order valence-electron chi connectivity index (χ4n) is 3.16. The fraction of sp³-hybridized carbons (Fsp3) is 0.0417. The van der Waals surface area contributed by atoms with E-state index in [0.717, 1.165) is 32.4 Å². The van der Waals surface area contributed by atoms with Crippen molar-refractivity contribution in [3.05, 3.63) is 107 Å². The van der Waals surface area contributed by atoms with Gasteiger partial charge in [-0.15, -0.1) is 0 Å². The summed E-state index contributed by atoms with van der Waals surface area (Å²) < 4.78 is 29.5. The lowest BCUT2D eigenvalue weighted by molar-refractivity contribution is 0.627. The predicted molar refractivity (Wildman–Crippen MR) is 116 cm³/mol. The number of hydrogen-bond acceptors (Lipinski definition) is 1. The second-order valence-corrected chi connectivity index (χ2v) is 7.42. The molecule has 0 atom stereocenters. The molecule has 0 N–H and O–H groups in total. The maximum atomic E-state index is 13.5. The van der Waals surface area contributed by atoms with E-state index in [1.54, 1.807) is 30.3 Å². The number of nitrogens with zero attached hydrogens (tertiary/aromatic N) is 2. The fourth-order valence-corrected chi connectivity index (χ4v) is 3.90. The van der Waals surface area contributed by atoms with E-state index in [9.17, 15) is 8.78 Å². The van der Waals surface area contributed by atoms with Crippen molar-refractivity contribution >= 4 is 22.0 Å². The minimum Gasteiger partial charge on any atom is -0.259 e. The van der Waals surface area contributed by atoms with Crippen LogP contribution in [-0.2, 0) is 6.54 Å². The monoisotopic (exact) mass is 450 g/mol. The Balaban J connectivity index is 1.82. The number of aromatic nitrogens is 2. The summed E-state index contributed by atoms with van der Waals surface area (Å²) in [5.74, 6) is -0.597. The molecule has 144 valence electrons. The summed E-state index contributed by atoms with van der Waals surface area (Å²) in [6.07, 6.45) is 1.80. The third-order valence-corrected chi connectivity index (χ3v) is 5.43. The van der Waals surface area contributed by atoms with Gasteiger partial charge < -0.3 is 0 Å². The quantitative estimate of drug-likeness (QED) is 0.321. The predicted octanol–water partition coefficient (Wildman–Crippen LogP) is 6.95. The van der Waals surface area contributed by atoms with Gasteiger partial charge in [-0.3, -0.25) is 4.68 Å². The zero-order valence-electron chi connectivity index (χ0n) is 15.4. The average Bonchev–Trinajstić information content (AvgIpc) is 3.06. The number of benzene rings is 3. The van der Waals surface area contributed by atoms with E-state index in [2.05, 4.69) is 22.5 Å². The van der Waals surface area contributed by atoms with Gasteiger partial charge >= 0.3 is 0 Å². The van der Waals surface area contributed by atoms with Crippen LogP contribution in [0.4, 0.5) is 8.78 Å². The standard InChI is InChI=1S/C24H17BrF2N2/c1-2-16-3-5-17(6-4-16)15-29-24(19-9-13-21(27)14-10-19)22(25)23(28-29)18-7-11-20(26)12-8-18/h2-14H,1,15H2. The van der Waals surface area contributed by atoms with Gasteiger partial charge in [-0.05, 0) is 75.6 Å². The minimum absolute atomic E-state index is 0.297. The molecular formula is C24H17BrF2N2. The van der Waals surface area contributed by atoms with Crippen molar-refractivity contribution in [3.63, 3.8) is 0 Å². The van der Waals surface area contributed by atoms with E-state index in [0.29, 0.717) is 12.2 Å². The van der Waals surface area contributed by atoms with Gasteiger partial charge in [-0.25, -0.2) is 8.78 Å². The molecule has 0 aliphatic rings. The number of halogens is 3. The van der Waals surface area contributed by atoms with Gasteiger partial charge in [-0.2, -0.15) is 5.10 Å². The SMILES string of the molecule is C=Cc1ccc(Cn2nc(-c3ccc(F)cc3)c(Br)c2-c2ccc(F)cc2)cc1. The lowest BCUT2D eigenvalue weighted by Crippen LogP contribution is -2.04. The van der Waals surface area contributed by atoms with Crippen molar-refractivity contribution in [2.45, 2.75) is 6.54 Å². The second kappa shape index (κ2) is 8.13. The van der Waals surface area contributed by atoms with Crippen LogP contribution in [0, 0.1) is 11.6 Å². The van der Waals surface area contributed by atoms with Crippen LogP contribution in [-0.4, -0.2) is 9.78 Å². The van der Waals surface area contributed by atoms with Crippen molar-refractivity contribution in [2.24, 2.45) is 0 Å². The van der Waals surface area contributed by atoms with Crippen molar-refractivity contribution < 1.29 is 8.78 Å². The Hall–Kier alpha value is -3.05. The number of rotatable bonds is 5. The molecule has 3 aromatic carbocycles. The second-order valence-electron chi connectivity index (χ2n) is 6.63. The summed E-state index contributed by atoms with van der Waals surface area (Å²) in [6.45, 7) is 4.31. The van der Waals surface area contributed by atoms with Gasteiger partial charge in [0.25, 0.3) is 0 Å². The molecule has 0 saturated carbocycles. The molecule has 1 aromatic heterocycles. The Labute approximate surface area is 176 Å². The highest BCUT2D eigenvalue weighted by Gasteiger charge is 2.19. The van der Waals surface area contributed by atoms with Crippen molar-refractivity contribution in [2.75, 3.05) is 0 Å². The zero-order valence-corrected chi connectivity index (χ0v) is 17.0. The van der Waals surface area contributed by atoms with E-state index in [1.807, 2.05) is 28.9 Å². The smallest absolute Gasteiger partial charge is 0.123 e. The lowest BCUT2D eigenvalue weighted by atomic mass is 10.1. The van der Waals surface area contributed by atoms with Crippen LogP contribution >= 0.6 is 15.9 Å². The van der Waals surface area contributed by atoms with Crippen molar-refractivity contribution in [1.29, 1.82) is 0 Å². The van der Waals surface area contributed by atoms with Gasteiger partial charge in [0.15, 0.2) is 0 Å². The van der Waals surface area contributed by atoms with Gasteiger partial charge in [0, 0.05) is 11.1 Å². The Morgan fingerprint density at radius 3 is 1.93 bits per heavy atom. The molecule has 1 heterocycles. The van der Waals surface area contributed by atoms with Crippen molar-refractivity contribution in [1.82, 2.24) is 9.78 Å². The first-order chi connectivity index (χ1) is 14.0.